The molecular formula is C12H21ClN4O4. The number of halogens is 1. The van der Waals surface area contributed by atoms with Crippen LogP contribution in [0.15, 0.2) is 6.20 Å². The molecule has 1 aliphatic rings. The van der Waals surface area contributed by atoms with Crippen molar-refractivity contribution < 1.29 is 14.4 Å². The smallest absolute Gasteiger partial charge is 0.350 e. The molecule has 9 heteroatoms. The SMILES string of the molecule is COCCOc1nn(C2CCC(N)CC2)cc1[N+](=O)[O-].Cl. The molecule has 120 valence electrons. The van der Waals surface area contributed by atoms with Crippen LogP contribution in [0.3, 0.4) is 0 Å². The van der Waals surface area contributed by atoms with Crippen molar-refractivity contribution in [3.63, 3.8) is 0 Å². The summed E-state index contributed by atoms with van der Waals surface area (Å²) < 4.78 is 11.8. The van der Waals surface area contributed by atoms with Gasteiger partial charge in [-0.1, -0.05) is 0 Å². The molecule has 0 spiro atoms. The van der Waals surface area contributed by atoms with Crippen molar-refractivity contribution in [2.24, 2.45) is 5.73 Å². The highest BCUT2D eigenvalue weighted by atomic mass is 35.5. The van der Waals surface area contributed by atoms with Gasteiger partial charge in [-0.25, -0.2) is 0 Å². The third kappa shape index (κ3) is 4.55. The van der Waals surface area contributed by atoms with E-state index in [1.54, 1.807) is 11.8 Å². The van der Waals surface area contributed by atoms with Crippen LogP contribution in [-0.2, 0) is 4.74 Å². The minimum absolute atomic E-state index is 0. The number of hydrogen-bond donors (Lipinski definition) is 1. The second-order valence-electron chi connectivity index (χ2n) is 4.97. The minimum atomic E-state index is -0.472. The summed E-state index contributed by atoms with van der Waals surface area (Å²) in [4.78, 5) is 10.6. The van der Waals surface area contributed by atoms with E-state index in [1.807, 2.05) is 0 Å². The number of nitrogens with two attached hydrogens (primary N) is 1. The second-order valence-corrected chi connectivity index (χ2v) is 4.97. The largest absolute Gasteiger partial charge is 0.469 e. The molecule has 8 nitrogen and oxygen atoms in total. The minimum Gasteiger partial charge on any atom is -0.469 e. The molecule has 0 aliphatic heterocycles. The molecule has 1 heterocycles. The van der Waals surface area contributed by atoms with E-state index < -0.39 is 4.92 Å². The van der Waals surface area contributed by atoms with Gasteiger partial charge in [0.15, 0.2) is 0 Å². The van der Waals surface area contributed by atoms with Gasteiger partial charge in [0, 0.05) is 13.2 Å². The van der Waals surface area contributed by atoms with E-state index in [0.717, 1.165) is 25.7 Å². The third-order valence-corrected chi connectivity index (χ3v) is 3.52. The van der Waals surface area contributed by atoms with Gasteiger partial charge in [-0.3, -0.25) is 14.8 Å². The van der Waals surface area contributed by atoms with E-state index in [2.05, 4.69) is 5.10 Å². The summed E-state index contributed by atoms with van der Waals surface area (Å²) in [5, 5.41) is 15.2. The van der Waals surface area contributed by atoms with Gasteiger partial charge in [0.25, 0.3) is 0 Å². The maximum atomic E-state index is 11.0. The highest BCUT2D eigenvalue weighted by Crippen LogP contribution is 2.32. The lowest BCUT2D eigenvalue weighted by Gasteiger charge is -2.25. The summed E-state index contributed by atoms with van der Waals surface area (Å²) >= 11 is 0. The highest BCUT2D eigenvalue weighted by molar-refractivity contribution is 5.85. The monoisotopic (exact) mass is 320 g/mol. The lowest BCUT2D eigenvalue weighted by atomic mass is 9.92. The first kappa shape index (κ1) is 17.7. The quantitative estimate of drug-likeness (QED) is 0.485. The molecule has 0 saturated heterocycles. The number of nitrogens with zero attached hydrogens (tertiary/aromatic N) is 3. The van der Waals surface area contributed by atoms with Crippen molar-refractivity contribution in [1.82, 2.24) is 9.78 Å². The zero-order valence-corrected chi connectivity index (χ0v) is 12.8. The fourth-order valence-corrected chi connectivity index (χ4v) is 2.37. The number of aromatic nitrogens is 2. The number of rotatable bonds is 6. The van der Waals surface area contributed by atoms with Crippen LogP contribution in [0.2, 0.25) is 0 Å². The number of ether oxygens (including phenoxy) is 2. The summed E-state index contributed by atoms with van der Waals surface area (Å²) in [6.45, 7) is 0.603. The van der Waals surface area contributed by atoms with Crippen LogP contribution in [-0.4, -0.2) is 41.1 Å². The van der Waals surface area contributed by atoms with Crippen LogP contribution in [0.5, 0.6) is 5.88 Å². The van der Waals surface area contributed by atoms with E-state index in [9.17, 15) is 10.1 Å². The first-order valence-electron chi connectivity index (χ1n) is 6.72. The van der Waals surface area contributed by atoms with Crippen LogP contribution in [0.1, 0.15) is 31.7 Å². The van der Waals surface area contributed by atoms with Gasteiger partial charge in [-0.15, -0.1) is 17.5 Å². The normalized spacial score (nSPS) is 21.6. The average Bonchev–Trinajstić information content (AvgIpc) is 2.84. The predicted octanol–water partition coefficient (Wildman–Crippen LogP) is 1.68. The Kier molecular flexibility index (Phi) is 6.86. The molecule has 0 radical (unpaired) electrons. The summed E-state index contributed by atoms with van der Waals surface area (Å²) in [5.41, 5.74) is 5.76. The number of nitro groups is 1. The zero-order valence-electron chi connectivity index (χ0n) is 11.9. The molecular weight excluding hydrogens is 300 g/mol. The van der Waals surface area contributed by atoms with Gasteiger partial charge in [0.1, 0.15) is 12.8 Å². The van der Waals surface area contributed by atoms with Gasteiger partial charge in [-0.05, 0) is 25.7 Å². The first-order valence-corrected chi connectivity index (χ1v) is 6.72. The molecule has 21 heavy (non-hydrogen) atoms. The molecule has 0 aromatic carbocycles. The van der Waals surface area contributed by atoms with Crippen molar-refractivity contribution in [2.45, 2.75) is 37.8 Å². The lowest BCUT2D eigenvalue weighted by Crippen LogP contribution is -2.28. The van der Waals surface area contributed by atoms with Gasteiger partial charge < -0.3 is 15.2 Å². The molecule has 1 aliphatic carbocycles. The van der Waals surface area contributed by atoms with Crippen LogP contribution in [0.25, 0.3) is 0 Å². The Morgan fingerprint density at radius 2 is 2.10 bits per heavy atom. The Labute approximate surface area is 129 Å². The van der Waals surface area contributed by atoms with Crippen molar-refractivity contribution in [2.75, 3.05) is 20.3 Å². The predicted molar refractivity (Wildman–Crippen MR) is 79.0 cm³/mol. The van der Waals surface area contributed by atoms with E-state index in [4.69, 9.17) is 15.2 Å². The topological polar surface area (TPSA) is 105 Å². The molecule has 0 unspecified atom stereocenters. The van der Waals surface area contributed by atoms with Crippen molar-refractivity contribution >= 4 is 18.1 Å². The van der Waals surface area contributed by atoms with Crippen molar-refractivity contribution in [3.05, 3.63) is 16.3 Å². The molecule has 1 aromatic heterocycles. The third-order valence-electron chi connectivity index (χ3n) is 3.52. The Hall–Kier alpha value is -1.38. The molecule has 1 aromatic rings. The second kappa shape index (κ2) is 8.16. The molecule has 0 amide bonds. The summed E-state index contributed by atoms with van der Waals surface area (Å²) in [6, 6.07) is 0.391. The summed E-state index contributed by atoms with van der Waals surface area (Å²) in [7, 11) is 1.54. The van der Waals surface area contributed by atoms with Gasteiger partial charge in [-0.2, -0.15) is 0 Å². The average molecular weight is 321 g/mol. The van der Waals surface area contributed by atoms with Crippen LogP contribution >= 0.6 is 12.4 Å². The van der Waals surface area contributed by atoms with Crippen LogP contribution in [0.4, 0.5) is 5.69 Å². The molecule has 2 N–H and O–H groups in total. The highest BCUT2D eigenvalue weighted by Gasteiger charge is 2.26. The Bertz CT molecular complexity index is 460. The summed E-state index contributed by atoms with van der Waals surface area (Å²) in [5.74, 6) is 0.0573. The van der Waals surface area contributed by atoms with Gasteiger partial charge >= 0.3 is 11.6 Å². The Morgan fingerprint density at radius 1 is 1.43 bits per heavy atom. The van der Waals surface area contributed by atoms with E-state index in [-0.39, 0.29) is 42.7 Å². The standard InChI is InChI=1S/C12H20N4O4.ClH/c1-19-6-7-20-12-11(16(17)18)8-15(14-12)10-4-2-9(13)3-5-10;/h8-10H,2-7,13H2,1H3;1H. The molecule has 0 bridgehead atoms. The van der Waals surface area contributed by atoms with E-state index in [1.165, 1.54) is 6.20 Å². The van der Waals surface area contributed by atoms with Crippen molar-refractivity contribution in [1.29, 1.82) is 0 Å². The molecule has 1 saturated carbocycles. The summed E-state index contributed by atoms with van der Waals surface area (Å²) in [6.07, 6.45) is 5.05. The van der Waals surface area contributed by atoms with E-state index >= 15 is 0 Å². The van der Waals surface area contributed by atoms with Crippen LogP contribution in [0, 0.1) is 10.1 Å². The van der Waals surface area contributed by atoms with Gasteiger partial charge in [0.05, 0.1) is 17.6 Å². The van der Waals surface area contributed by atoms with Gasteiger partial charge in [0.2, 0.25) is 0 Å². The maximum absolute atomic E-state index is 11.0. The number of hydrogen-bond acceptors (Lipinski definition) is 6. The Balaban J connectivity index is 0.00000220. The lowest BCUT2D eigenvalue weighted by molar-refractivity contribution is -0.386. The maximum Gasteiger partial charge on any atom is 0.350 e. The van der Waals surface area contributed by atoms with E-state index in [0.29, 0.717) is 6.61 Å². The molecule has 1 fully saturated rings. The molecule has 2 rings (SSSR count). The first-order chi connectivity index (χ1) is 9.61. The Morgan fingerprint density at radius 3 is 2.67 bits per heavy atom. The number of methoxy groups -OCH3 is 1. The van der Waals surface area contributed by atoms with Crippen LogP contribution < -0.4 is 10.5 Å². The zero-order chi connectivity index (χ0) is 14.5. The van der Waals surface area contributed by atoms with Crippen molar-refractivity contribution in [3.8, 4) is 5.88 Å². The fraction of sp³-hybridized carbons (Fsp3) is 0.750. The fourth-order valence-electron chi connectivity index (χ4n) is 2.37. The molecule has 0 atom stereocenters.